The summed E-state index contributed by atoms with van der Waals surface area (Å²) in [5.41, 5.74) is 2.82. The molecule has 0 radical (unpaired) electrons. The fraction of sp³-hybridized carbons (Fsp3) is 0.276. The van der Waals surface area contributed by atoms with Crippen LogP contribution >= 0.6 is 0 Å². The largest absolute Gasteiger partial charge is 0.491 e. The van der Waals surface area contributed by atoms with Crippen molar-refractivity contribution in [3.05, 3.63) is 191 Å². The molecule has 72 heavy (non-hydrogen) atoms. The Morgan fingerprint density at radius 2 is 1.46 bits per heavy atom. The van der Waals surface area contributed by atoms with E-state index in [1.165, 1.54) is 0 Å². The summed E-state index contributed by atoms with van der Waals surface area (Å²) < 4.78 is 18.6. The van der Waals surface area contributed by atoms with E-state index >= 15 is 19.2 Å². The van der Waals surface area contributed by atoms with Crippen LogP contribution in [0.15, 0.2) is 158 Å². The molecule has 10 rings (SSSR count). The number of hydrogen-bond acceptors (Lipinski definition) is 11. The number of carbonyl (C=O) groups is 4. The van der Waals surface area contributed by atoms with Gasteiger partial charge in [0.15, 0.2) is 0 Å². The molecular weight excluding hydrogens is 911 g/mol. The predicted molar refractivity (Wildman–Crippen MR) is 271 cm³/mol. The van der Waals surface area contributed by atoms with Gasteiger partial charge in [-0.1, -0.05) is 121 Å². The first-order valence-corrected chi connectivity index (χ1v) is 24.3. The molecule has 4 aliphatic rings. The molecular formula is C58H55N5O9. The number of rotatable bonds is 12. The molecule has 4 aliphatic heterocycles. The molecule has 6 aromatic rings. The lowest BCUT2D eigenvalue weighted by molar-refractivity contribution is -0.177. The summed E-state index contributed by atoms with van der Waals surface area (Å²) in [4.78, 5) is 68.9. The van der Waals surface area contributed by atoms with Gasteiger partial charge in [0, 0.05) is 42.0 Å². The van der Waals surface area contributed by atoms with Gasteiger partial charge in [-0.25, -0.2) is 9.69 Å². The summed E-state index contributed by atoms with van der Waals surface area (Å²) in [6.45, 7) is 3.79. The molecule has 6 aromatic carbocycles. The van der Waals surface area contributed by atoms with Gasteiger partial charge in [0.1, 0.15) is 29.9 Å². The second-order valence-corrected chi connectivity index (χ2v) is 18.2. The number of para-hydroxylation sites is 1. The number of carbonyl (C=O) groups excluding carboxylic acids is 4. The van der Waals surface area contributed by atoms with Crippen LogP contribution in [0.5, 0.6) is 5.75 Å². The van der Waals surface area contributed by atoms with E-state index in [1.54, 1.807) is 54.6 Å². The normalized spacial score (nSPS) is 22.8. The highest BCUT2D eigenvalue weighted by atomic mass is 16.6. The number of amides is 4. The summed E-state index contributed by atoms with van der Waals surface area (Å²) >= 11 is 0. The van der Waals surface area contributed by atoms with E-state index in [-0.39, 0.29) is 37.5 Å². The highest BCUT2D eigenvalue weighted by Gasteiger charge is 2.76. The lowest BCUT2D eigenvalue weighted by atomic mass is 9.65. The van der Waals surface area contributed by atoms with Crippen LogP contribution in [0.1, 0.15) is 71.0 Å². The number of nitrogens with zero attached hydrogens (tertiary/aromatic N) is 3. The van der Waals surface area contributed by atoms with Crippen LogP contribution in [0.3, 0.4) is 0 Å². The summed E-state index contributed by atoms with van der Waals surface area (Å²) in [7, 11) is 0. The van der Waals surface area contributed by atoms with Gasteiger partial charge in [-0.2, -0.15) is 0 Å². The minimum absolute atomic E-state index is 0.109. The lowest BCUT2D eigenvalue weighted by Crippen LogP contribution is -2.55. The van der Waals surface area contributed by atoms with Crippen LogP contribution in [-0.2, 0) is 29.3 Å². The quantitative estimate of drug-likeness (QED) is 0.0712. The SMILES string of the molecule is CC(NC(=O)N1C(=O)C2(c3cc(C#CCCO)ccc31)C(C(=O)Nc1ccc(N3CCOCC3)cc1)C1C(=O)OC(c3ccccc3)C(c3ccccc3)N1C2c1ccccc1OCCO)c1ccccc1. The molecule has 3 saturated heterocycles. The minimum atomic E-state index is -2.10. The second kappa shape index (κ2) is 20.9. The number of nitrogens with one attached hydrogen (secondary N) is 2. The van der Waals surface area contributed by atoms with Crippen molar-refractivity contribution in [1.29, 1.82) is 0 Å². The maximum Gasteiger partial charge on any atom is 0.329 e. The highest BCUT2D eigenvalue weighted by Crippen LogP contribution is 2.66. The number of hydrogen-bond donors (Lipinski definition) is 4. The number of benzene rings is 6. The summed E-state index contributed by atoms with van der Waals surface area (Å²) in [6, 6.07) is 43.0. The minimum Gasteiger partial charge on any atom is -0.491 e. The Labute approximate surface area is 418 Å². The first-order chi connectivity index (χ1) is 35.2. The van der Waals surface area contributed by atoms with Gasteiger partial charge >= 0.3 is 12.0 Å². The van der Waals surface area contributed by atoms with Crippen LogP contribution in [-0.4, -0.2) is 91.1 Å². The molecule has 0 aromatic heterocycles. The van der Waals surface area contributed by atoms with E-state index in [0.717, 1.165) is 21.7 Å². The number of aliphatic hydroxyl groups is 2. The molecule has 0 saturated carbocycles. The summed E-state index contributed by atoms with van der Waals surface area (Å²) in [6.07, 6.45) is -0.781. The zero-order valence-corrected chi connectivity index (χ0v) is 39.7. The fourth-order valence-electron chi connectivity index (χ4n) is 11.0. The topological polar surface area (TPSA) is 170 Å². The molecule has 4 amide bonds. The predicted octanol–water partition coefficient (Wildman–Crippen LogP) is 7.40. The molecule has 14 nitrogen and oxygen atoms in total. The van der Waals surface area contributed by atoms with E-state index in [2.05, 4.69) is 27.4 Å². The molecule has 0 aliphatic carbocycles. The van der Waals surface area contributed by atoms with E-state index in [0.29, 0.717) is 54.4 Å². The Hall–Kier alpha value is -7.80. The first-order valence-electron chi connectivity index (χ1n) is 24.3. The maximum absolute atomic E-state index is 16.8. The average molecular weight is 966 g/mol. The van der Waals surface area contributed by atoms with E-state index in [9.17, 15) is 10.2 Å². The zero-order chi connectivity index (χ0) is 49.8. The third-order valence-corrected chi connectivity index (χ3v) is 14.1. The van der Waals surface area contributed by atoms with Crippen molar-refractivity contribution in [2.75, 3.05) is 61.2 Å². The number of morpholine rings is 2. The van der Waals surface area contributed by atoms with Gasteiger partial charge in [0.25, 0.3) is 0 Å². The number of esters is 1. The Bertz CT molecular complexity index is 3000. The smallest absolute Gasteiger partial charge is 0.329 e. The number of anilines is 3. The molecule has 3 fully saturated rings. The molecule has 4 N–H and O–H groups in total. The van der Waals surface area contributed by atoms with Crippen LogP contribution in [0.25, 0.3) is 0 Å². The standard InChI is InChI=1S/C58H55N5O9/c1-38(40-16-5-2-6-17-40)59-57(69)62-47-29-24-39(15-13-14-32-64)37-46(47)58(56(62)68)49(54(66)60-43-25-27-44(28-26-43)61-30-34-70-35-31-61)51-55(67)72-52(42-20-9-4-10-21-42)50(41-18-7-3-8-19-41)63(51)53(58)45-22-11-12-23-48(45)71-36-33-65/h2-12,16-29,37-38,49-53,64-65H,14,30-36H2,1H3,(H,59,69)(H,60,66). The van der Waals surface area contributed by atoms with Gasteiger partial charge in [-0.15, -0.1) is 0 Å². The number of imide groups is 1. The van der Waals surface area contributed by atoms with Gasteiger partial charge in [-0.3, -0.25) is 19.3 Å². The van der Waals surface area contributed by atoms with E-state index in [1.807, 2.05) is 115 Å². The van der Waals surface area contributed by atoms with Crippen molar-refractivity contribution >= 4 is 40.9 Å². The van der Waals surface area contributed by atoms with Crippen molar-refractivity contribution in [1.82, 2.24) is 10.2 Å². The van der Waals surface area contributed by atoms with Crippen molar-refractivity contribution in [3.63, 3.8) is 0 Å². The highest BCUT2D eigenvalue weighted by molar-refractivity contribution is 6.25. The Balaban J connectivity index is 1.24. The number of aliphatic hydroxyl groups excluding tert-OH is 2. The van der Waals surface area contributed by atoms with Gasteiger partial charge in [0.2, 0.25) is 11.8 Å². The molecule has 7 atom stereocenters. The van der Waals surface area contributed by atoms with Crippen LogP contribution in [0, 0.1) is 17.8 Å². The first kappa shape index (κ1) is 47.9. The Morgan fingerprint density at radius 3 is 2.15 bits per heavy atom. The average Bonchev–Trinajstić information content (AvgIpc) is 3.88. The molecule has 7 unspecified atom stereocenters. The van der Waals surface area contributed by atoms with Crippen LogP contribution < -0.4 is 25.2 Å². The van der Waals surface area contributed by atoms with Gasteiger partial charge in [-0.05, 0) is 77.7 Å². The number of fused-ring (bicyclic) bond motifs is 3. The van der Waals surface area contributed by atoms with Crippen molar-refractivity contribution in [3.8, 4) is 17.6 Å². The Kier molecular flexibility index (Phi) is 13.9. The molecule has 0 bridgehead atoms. The third kappa shape index (κ3) is 8.75. The van der Waals surface area contributed by atoms with Crippen LogP contribution in [0.4, 0.5) is 21.9 Å². The lowest BCUT2D eigenvalue weighted by Gasteiger charge is -2.46. The number of urea groups is 1. The fourth-order valence-corrected chi connectivity index (χ4v) is 11.0. The monoisotopic (exact) mass is 965 g/mol. The maximum atomic E-state index is 16.8. The second-order valence-electron chi connectivity index (χ2n) is 18.2. The summed E-state index contributed by atoms with van der Waals surface area (Å²) in [5, 5.41) is 26.1. The van der Waals surface area contributed by atoms with Crippen LogP contribution in [0.2, 0.25) is 0 Å². The number of ether oxygens (including phenoxy) is 3. The van der Waals surface area contributed by atoms with Crippen molar-refractivity contribution < 1.29 is 43.6 Å². The van der Waals surface area contributed by atoms with E-state index < -0.39 is 65.4 Å². The third-order valence-electron chi connectivity index (χ3n) is 14.1. The van der Waals surface area contributed by atoms with E-state index in [4.69, 9.17) is 14.2 Å². The molecule has 14 heteroatoms. The Morgan fingerprint density at radius 1 is 0.792 bits per heavy atom. The van der Waals surface area contributed by atoms with Gasteiger partial charge in [0.05, 0.1) is 56.2 Å². The molecule has 4 heterocycles. The zero-order valence-electron chi connectivity index (χ0n) is 39.7. The molecule has 1 spiro atoms. The molecule has 366 valence electrons. The van der Waals surface area contributed by atoms with Crippen molar-refractivity contribution in [2.24, 2.45) is 5.92 Å². The van der Waals surface area contributed by atoms with Gasteiger partial charge < -0.3 is 40.0 Å². The summed E-state index contributed by atoms with van der Waals surface area (Å²) in [5.74, 6) is 2.66. The number of cyclic esters (lactones) is 1. The van der Waals surface area contributed by atoms with Crippen molar-refractivity contribution in [2.45, 2.75) is 49.0 Å².